The minimum absolute atomic E-state index is 0.555. The van der Waals surface area contributed by atoms with Crippen molar-refractivity contribution in [2.45, 2.75) is 18.6 Å². The van der Waals surface area contributed by atoms with Crippen LogP contribution < -0.4 is 0 Å². The van der Waals surface area contributed by atoms with E-state index in [1.807, 2.05) is 35.3 Å². The molecule has 0 fully saturated rings. The second-order valence-electron chi connectivity index (χ2n) is 3.40. The molecule has 0 atom stereocenters. The third kappa shape index (κ3) is 2.26. The molecule has 1 aliphatic heterocycles. The second-order valence-corrected chi connectivity index (χ2v) is 7.77. The summed E-state index contributed by atoms with van der Waals surface area (Å²) in [7, 11) is 0. The zero-order valence-corrected chi connectivity index (χ0v) is 10.9. The van der Waals surface area contributed by atoms with E-state index in [1.165, 1.54) is 14.7 Å². The van der Waals surface area contributed by atoms with Crippen LogP contribution in [0.2, 0.25) is 0 Å². The molecule has 0 spiro atoms. The van der Waals surface area contributed by atoms with Gasteiger partial charge >= 0.3 is 0 Å². The van der Waals surface area contributed by atoms with E-state index in [0.717, 1.165) is 0 Å². The number of rotatable bonds is 2. The van der Waals surface area contributed by atoms with Gasteiger partial charge in [0, 0.05) is 14.7 Å². The highest BCUT2D eigenvalue weighted by molar-refractivity contribution is 8.33. The number of hydrogen-bond acceptors (Lipinski definition) is 3. The molecular formula is C13H10S3. The van der Waals surface area contributed by atoms with Gasteiger partial charge in [-0.05, 0) is 24.3 Å². The average Bonchev–Trinajstić information content (AvgIpc) is 2.72. The Kier molecular flexibility index (Phi) is 3.18. The van der Waals surface area contributed by atoms with Crippen molar-refractivity contribution in [2.75, 3.05) is 0 Å². The van der Waals surface area contributed by atoms with E-state index in [4.69, 9.17) is 0 Å². The molecule has 1 heterocycles. The van der Waals surface area contributed by atoms with Gasteiger partial charge in [-0.1, -0.05) is 65.6 Å². The first-order valence-corrected chi connectivity index (χ1v) is 7.70. The van der Waals surface area contributed by atoms with Crippen molar-refractivity contribution in [3.63, 3.8) is 0 Å². The molecule has 80 valence electrons. The van der Waals surface area contributed by atoms with Crippen LogP contribution in [0.5, 0.6) is 0 Å². The molecule has 0 N–H and O–H groups in total. The lowest BCUT2D eigenvalue weighted by Crippen LogP contribution is -1.82. The summed E-state index contributed by atoms with van der Waals surface area (Å²) in [6.07, 6.45) is 0. The Morgan fingerprint density at radius 3 is 1.94 bits per heavy atom. The summed E-state index contributed by atoms with van der Waals surface area (Å²) in [5, 5.41) is 0. The largest absolute Gasteiger partial charge is 0.109 e. The maximum absolute atomic E-state index is 2.21. The molecule has 0 unspecified atom stereocenters. The Bertz CT molecular complexity index is 457. The zero-order valence-electron chi connectivity index (χ0n) is 8.50. The van der Waals surface area contributed by atoms with Gasteiger partial charge in [-0.2, -0.15) is 0 Å². The fourth-order valence-corrected chi connectivity index (χ4v) is 5.95. The summed E-state index contributed by atoms with van der Waals surface area (Å²) in [5.41, 5.74) is 0. The highest BCUT2D eigenvalue weighted by atomic mass is 32.3. The lowest BCUT2D eigenvalue weighted by atomic mass is 10.4. The first kappa shape index (κ1) is 10.6. The van der Waals surface area contributed by atoms with Gasteiger partial charge in [0.2, 0.25) is 0 Å². The highest BCUT2D eigenvalue weighted by Crippen LogP contribution is 2.53. The summed E-state index contributed by atoms with van der Waals surface area (Å²) >= 11 is 5.85. The fraction of sp³-hybridized carbons (Fsp3) is 0.0769. The number of benzene rings is 2. The van der Waals surface area contributed by atoms with Gasteiger partial charge in [-0.25, -0.2) is 0 Å². The molecule has 0 amide bonds. The van der Waals surface area contributed by atoms with Crippen LogP contribution in [-0.4, -0.2) is 3.91 Å². The van der Waals surface area contributed by atoms with Crippen LogP contribution in [0, 0.1) is 0 Å². The molecule has 3 heteroatoms. The number of thioether (sulfide) groups is 3. The van der Waals surface area contributed by atoms with Crippen LogP contribution in [0.4, 0.5) is 0 Å². The standard InChI is InChI=1S/C13H10S3/c1-2-6-10(7-3-1)14-13-15-11-8-4-5-9-12(11)16-13/h1-9,13H. The summed E-state index contributed by atoms with van der Waals surface area (Å²) in [6.45, 7) is 0. The van der Waals surface area contributed by atoms with E-state index in [9.17, 15) is 0 Å². The summed E-state index contributed by atoms with van der Waals surface area (Å²) in [4.78, 5) is 4.18. The predicted molar refractivity (Wildman–Crippen MR) is 74.2 cm³/mol. The van der Waals surface area contributed by atoms with Gasteiger partial charge in [-0.3, -0.25) is 0 Å². The Morgan fingerprint density at radius 2 is 1.31 bits per heavy atom. The van der Waals surface area contributed by atoms with Crippen molar-refractivity contribution in [1.29, 1.82) is 0 Å². The minimum atomic E-state index is 0.555. The molecule has 2 aromatic carbocycles. The van der Waals surface area contributed by atoms with E-state index in [2.05, 4.69) is 54.6 Å². The smallest absolute Gasteiger partial charge is 0.0999 e. The van der Waals surface area contributed by atoms with Crippen LogP contribution in [0.3, 0.4) is 0 Å². The molecule has 2 aromatic rings. The third-order valence-corrected chi connectivity index (χ3v) is 6.47. The quantitative estimate of drug-likeness (QED) is 0.750. The number of hydrogen-bond donors (Lipinski definition) is 0. The lowest BCUT2D eigenvalue weighted by molar-refractivity contribution is 1.27. The molecule has 0 radical (unpaired) electrons. The lowest BCUT2D eigenvalue weighted by Gasteiger charge is -2.06. The molecular weight excluding hydrogens is 252 g/mol. The van der Waals surface area contributed by atoms with E-state index in [-0.39, 0.29) is 0 Å². The Hall–Kier alpha value is -0.510. The third-order valence-electron chi connectivity index (χ3n) is 2.27. The maximum Gasteiger partial charge on any atom is 0.109 e. The van der Waals surface area contributed by atoms with Crippen LogP contribution in [0.15, 0.2) is 69.3 Å². The molecule has 0 nitrogen and oxygen atoms in total. The fourth-order valence-electron chi connectivity index (χ4n) is 1.53. The van der Waals surface area contributed by atoms with Crippen molar-refractivity contribution in [1.82, 2.24) is 0 Å². The summed E-state index contributed by atoms with van der Waals surface area (Å²) in [6, 6.07) is 19.2. The van der Waals surface area contributed by atoms with E-state index in [0.29, 0.717) is 3.91 Å². The Morgan fingerprint density at radius 1 is 0.750 bits per heavy atom. The molecule has 1 aliphatic rings. The van der Waals surface area contributed by atoms with E-state index < -0.39 is 0 Å². The summed E-state index contributed by atoms with van der Waals surface area (Å²) in [5.74, 6) is 0. The van der Waals surface area contributed by atoms with Crippen molar-refractivity contribution in [3.8, 4) is 0 Å². The molecule has 0 aromatic heterocycles. The zero-order chi connectivity index (χ0) is 10.8. The van der Waals surface area contributed by atoms with E-state index in [1.54, 1.807) is 0 Å². The normalized spacial score (nSPS) is 15.0. The van der Waals surface area contributed by atoms with Crippen LogP contribution in [0.25, 0.3) is 0 Å². The molecule has 16 heavy (non-hydrogen) atoms. The molecule has 0 saturated heterocycles. The Balaban J connectivity index is 1.73. The van der Waals surface area contributed by atoms with Gasteiger partial charge in [0.1, 0.15) is 3.91 Å². The highest BCUT2D eigenvalue weighted by Gasteiger charge is 2.23. The van der Waals surface area contributed by atoms with Crippen LogP contribution in [0.1, 0.15) is 0 Å². The van der Waals surface area contributed by atoms with Crippen molar-refractivity contribution in [3.05, 3.63) is 54.6 Å². The van der Waals surface area contributed by atoms with Gasteiger partial charge < -0.3 is 0 Å². The maximum atomic E-state index is 2.21. The molecule has 3 rings (SSSR count). The van der Waals surface area contributed by atoms with Crippen LogP contribution in [-0.2, 0) is 0 Å². The first-order chi connectivity index (χ1) is 7.92. The summed E-state index contributed by atoms with van der Waals surface area (Å²) < 4.78 is 0.555. The van der Waals surface area contributed by atoms with Gasteiger partial charge in [0.15, 0.2) is 0 Å². The topological polar surface area (TPSA) is 0 Å². The first-order valence-electron chi connectivity index (χ1n) is 5.06. The van der Waals surface area contributed by atoms with Gasteiger partial charge in [-0.15, -0.1) is 0 Å². The SMILES string of the molecule is c1ccc(SC2Sc3ccccc3S2)cc1. The average molecular weight is 262 g/mol. The van der Waals surface area contributed by atoms with Crippen LogP contribution >= 0.6 is 35.3 Å². The van der Waals surface area contributed by atoms with Crippen molar-refractivity contribution < 1.29 is 0 Å². The molecule has 0 aliphatic carbocycles. The predicted octanol–water partition coefficient (Wildman–Crippen LogP) is 4.96. The second kappa shape index (κ2) is 4.78. The molecule has 0 saturated carbocycles. The Labute approximate surface area is 108 Å². The van der Waals surface area contributed by atoms with Gasteiger partial charge in [0.25, 0.3) is 0 Å². The molecule has 0 bridgehead atoms. The number of fused-ring (bicyclic) bond motifs is 1. The minimum Gasteiger partial charge on any atom is -0.0999 e. The van der Waals surface area contributed by atoms with Crippen molar-refractivity contribution in [2.24, 2.45) is 0 Å². The van der Waals surface area contributed by atoms with E-state index >= 15 is 0 Å². The van der Waals surface area contributed by atoms with Crippen molar-refractivity contribution >= 4 is 35.3 Å². The van der Waals surface area contributed by atoms with Gasteiger partial charge in [0.05, 0.1) is 0 Å². The monoisotopic (exact) mass is 262 g/mol.